The quantitative estimate of drug-likeness (QED) is 0.489. The molecule has 0 aliphatic carbocycles. The second-order valence-electron chi connectivity index (χ2n) is 6.13. The van der Waals surface area contributed by atoms with Crippen molar-refractivity contribution in [2.75, 3.05) is 13.1 Å². The zero-order valence-electron chi connectivity index (χ0n) is 14.1. The van der Waals surface area contributed by atoms with Crippen molar-refractivity contribution >= 4 is 43.5 Å². The van der Waals surface area contributed by atoms with Crippen LogP contribution in [0.1, 0.15) is 12.8 Å². The molecule has 0 bridgehead atoms. The number of carbonyl (C=O) groups is 1. The standard InChI is InChI=1S/C18H16BrClFNO4S/c19-13-1-6-17(16(20)11-13)26-18(23)12-7-9-22(10-8-12)27(24,25)15-4-2-14(21)3-5-15/h1-6,11-12H,7-10H2. The number of carbonyl (C=O) groups excluding carboxylic acids is 1. The van der Waals surface area contributed by atoms with Gasteiger partial charge in [-0.2, -0.15) is 4.31 Å². The minimum absolute atomic E-state index is 0.0339. The maximum Gasteiger partial charge on any atom is 0.314 e. The number of esters is 1. The van der Waals surface area contributed by atoms with Gasteiger partial charge >= 0.3 is 5.97 Å². The summed E-state index contributed by atoms with van der Waals surface area (Å²) in [6.07, 6.45) is 0.681. The Morgan fingerprint density at radius 2 is 1.78 bits per heavy atom. The third-order valence-electron chi connectivity index (χ3n) is 4.34. The molecular formula is C18H16BrClFNO4S. The molecule has 2 aromatic carbocycles. The molecule has 1 heterocycles. The van der Waals surface area contributed by atoms with E-state index in [1.165, 1.54) is 16.4 Å². The third kappa shape index (κ3) is 4.68. The SMILES string of the molecule is O=C(Oc1ccc(Br)cc1Cl)C1CCN(S(=O)(=O)c2ccc(F)cc2)CC1. The second kappa shape index (κ2) is 8.26. The van der Waals surface area contributed by atoms with E-state index in [-0.39, 0.29) is 23.7 Å². The minimum Gasteiger partial charge on any atom is -0.425 e. The highest BCUT2D eigenvalue weighted by molar-refractivity contribution is 9.10. The molecule has 0 amide bonds. The van der Waals surface area contributed by atoms with Gasteiger partial charge in [0.15, 0.2) is 0 Å². The molecule has 0 aromatic heterocycles. The molecule has 1 fully saturated rings. The van der Waals surface area contributed by atoms with Gasteiger partial charge in [0.2, 0.25) is 10.0 Å². The van der Waals surface area contributed by atoms with Crippen molar-refractivity contribution in [2.45, 2.75) is 17.7 Å². The summed E-state index contributed by atoms with van der Waals surface area (Å²) in [5.41, 5.74) is 0. The first-order chi connectivity index (χ1) is 12.8. The average Bonchev–Trinajstić information content (AvgIpc) is 2.64. The first kappa shape index (κ1) is 20.3. The fourth-order valence-electron chi connectivity index (χ4n) is 2.84. The lowest BCUT2D eigenvalue weighted by molar-refractivity contribution is -0.140. The molecule has 27 heavy (non-hydrogen) atoms. The minimum atomic E-state index is -3.71. The van der Waals surface area contributed by atoms with Gasteiger partial charge in [-0.1, -0.05) is 27.5 Å². The summed E-state index contributed by atoms with van der Waals surface area (Å²) < 4.78 is 45.7. The molecule has 9 heteroatoms. The van der Waals surface area contributed by atoms with Gasteiger partial charge in [-0.3, -0.25) is 4.79 Å². The molecule has 1 aliphatic heterocycles. The van der Waals surface area contributed by atoms with Gasteiger partial charge in [0.05, 0.1) is 15.8 Å². The summed E-state index contributed by atoms with van der Waals surface area (Å²) in [7, 11) is -3.71. The maximum absolute atomic E-state index is 13.0. The van der Waals surface area contributed by atoms with Gasteiger partial charge in [-0.25, -0.2) is 12.8 Å². The van der Waals surface area contributed by atoms with Crippen LogP contribution in [0, 0.1) is 11.7 Å². The van der Waals surface area contributed by atoms with Crippen LogP contribution in [0.4, 0.5) is 4.39 Å². The van der Waals surface area contributed by atoms with Gasteiger partial charge in [-0.05, 0) is 55.3 Å². The highest BCUT2D eigenvalue weighted by atomic mass is 79.9. The molecule has 0 radical (unpaired) electrons. The van der Waals surface area contributed by atoms with Crippen LogP contribution in [0.2, 0.25) is 5.02 Å². The zero-order chi connectivity index (χ0) is 19.6. The highest BCUT2D eigenvalue weighted by Crippen LogP contribution is 2.30. The lowest BCUT2D eigenvalue weighted by atomic mass is 9.98. The van der Waals surface area contributed by atoms with Crippen molar-refractivity contribution in [2.24, 2.45) is 5.92 Å². The van der Waals surface area contributed by atoms with E-state index >= 15 is 0 Å². The molecule has 144 valence electrons. The maximum atomic E-state index is 13.0. The van der Waals surface area contributed by atoms with Crippen LogP contribution in [-0.4, -0.2) is 31.8 Å². The van der Waals surface area contributed by atoms with Crippen LogP contribution in [0.3, 0.4) is 0 Å². The fraction of sp³-hybridized carbons (Fsp3) is 0.278. The van der Waals surface area contributed by atoms with E-state index in [9.17, 15) is 17.6 Å². The lowest BCUT2D eigenvalue weighted by Crippen LogP contribution is -2.41. The summed E-state index contributed by atoms with van der Waals surface area (Å²) in [4.78, 5) is 12.4. The number of nitrogens with zero attached hydrogens (tertiary/aromatic N) is 1. The summed E-state index contributed by atoms with van der Waals surface area (Å²) in [6, 6.07) is 9.63. The molecule has 1 aliphatic rings. The van der Waals surface area contributed by atoms with Gasteiger partial charge in [0, 0.05) is 17.6 Å². The van der Waals surface area contributed by atoms with E-state index in [2.05, 4.69) is 15.9 Å². The predicted octanol–water partition coefficient (Wildman–Crippen LogP) is 4.25. The third-order valence-corrected chi connectivity index (χ3v) is 7.04. The molecule has 0 atom stereocenters. The Morgan fingerprint density at radius 1 is 1.15 bits per heavy atom. The Balaban J connectivity index is 1.62. The second-order valence-corrected chi connectivity index (χ2v) is 9.39. The normalized spacial score (nSPS) is 16.3. The highest BCUT2D eigenvalue weighted by Gasteiger charge is 2.33. The predicted molar refractivity (Wildman–Crippen MR) is 103 cm³/mol. The van der Waals surface area contributed by atoms with Crippen molar-refractivity contribution < 1.29 is 22.3 Å². The topological polar surface area (TPSA) is 63.7 Å². The van der Waals surface area contributed by atoms with Crippen molar-refractivity contribution in [3.63, 3.8) is 0 Å². The molecule has 0 unspecified atom stereocenters. The first-order valence-corrected chi connectivity index (χ1v) is 10.8. The number of halogens is 3. The van der Waals surface area contributed by atoms with Crippen molar-refractivity contribution in [1.82, 2.24) is 4.31 Å². The number of sulfonamides is 1. The Morgan fingerprint density at radius 3 is 2.37 bits per heavy atom. The van der Waals surface area contributed by atoms with Gasteiger partial charge in [0.1, 0.15) is 11.6 Å². The van der Waals surface area contributed by atoms with Crippen LogP contribution in [-0.2, 0) is 14.8 Å². The van der Waals surface area contributed by atoms with E-state index in [0.29, 0.717) is 17.9 Å². The molecule has 0 saturated carbocycles. The van der Waals surface area contributed by atoms with E-state index in [0.717, 1.165) is 16.6 Å². The summed E-state index contributed by atoms with van der Waals surface area (Å²) in [6.45, 7) is 0.376. The van der Waals surface area contributed by atoms with Crippen LogP contribution in [0.15, 0.2) is 51.8 Å². The molecule has 0 N–H and O–H groups in total. The Hall–Kier alpha value is -1.48. The van der Waals surface area contributed by atoms with Gasteiger partial charge < -0.3 is 4.74 Å². The number of benzene rings is 2. The molecule has 5 nitrogen and oxygen atoms in total. The number of hydrogen-bond acceptors (Lipinski definition) is 4. The Labute approximate surface area is 170 Å². The van der Waals surface area contributed by atoms with Crippen molar-refractivity contribution in [3.05, 3.63) is 57.8 Å². The summed E-state index contributed by atoms with van der Waals surface area (Å²) in [5, 5.41) is 0.314. The van der Waals surface area contributed by atoms with E-state index < -0.39 is 27.7 Å². The van der Waals surface area contributed by atoms with Crippen LogP contribution in [0.25, 0.3) is 0 Å². The largest absolute Gasteiger partial charge is 0.425 e. The average molecular weight is 477 g/mol. The number of hydrogen-bond donors (Lipinski definition) is 0. The summed E-state index contributed by atoms with van der Waals surface area (Å²) in [5.74, 6) is -1.07. The molecule has 1 saturated heterocycles. The molecular weight excluding hydrogens is 461 g/mol. The Kier molecular flexibility index (Phi) is 6.20. The van der Waals surface area contributed by atoms with Crippen LogP contribution >= 0.6 is 27.5 Å². The number of piperidine rings is 1. The molecule has 2 aromatic rings. The van der Waals surface area contributed by atoms with Gasteiger partial charge in [0.25, 0.3) is 0 Å². The number of ether oxygens (including phenoxy) is 1. The zero-order valence-corrected chi connectivity index (χ0v) is 17.2. The monoisotopic (exact) mass is 475 g/mol. The molecule has 0 spiro atoms. The lowest BCUT2D eigenvalue weighted by Gasteiger charge is -2.30. The first-order valence-electron chi connectivity index (χ1n) is 8.20. The molecule has 3 rings (SSSR count). The Bertz CT molecular complexity index is 944. The van der Waals surface area contributed by atoms with Crippen LogP contribution < -0.4 is 4.74 Å². The summed E-state index contributed by atoms with van der Waals surface area (Å²) >= 11 is 9.33. The van der Waals surface area contributed by atoms with E-state index in [1.54, 1.807) is 18.2 Å². The van der Waals surface area contributed by atoms with E-state index in [1.807, 2.05) is 0 Å². The van der Waals surface area contributed by atoms with Crippen molar-refractivity contribution in [1.29, 1.82) is 0 Å². The van der Waals surface area contributed by atoms with Gasteiger partial charge in [-0.15, -0.1) is 0 Å². The smallest absolute Gasteiger partial charge is 0.314 e. The van der Waals surface area contributed by atoms with Crippen LogP contribution in [0.5, 0.6) is 5.75 Å². The fourth-order valence-corrected chi connectivity index (χ4v) is 5.02. The van der Waals surface area contributed by atoms with E-state index in [4.69, 9.17) is 16.3 Å². The number of rotatable bonds is 4. The van der Waals surface area contributed by atoms with Crippen molar-refractivity contribution in [3.8, 4) is 5.75 Å².